The summed E-state index contributed by atoms with van der Waals surface area (Å²) < 4.78 is 3.21. The number of hydrogen-bond donors (Lipinski definition) is 0. The van der Waals surface area contributed by atoms with Crippen LogP contribution in [0, 0.1) is 0 Å². The van der Waals surface area contributed by atoms with Gasteiger partial charge in [-0.25, -0.2) is 9.97 Å². The fourth-order valence-corrected chi connectivity index (χ4v) is 5.04. The van der Waals surface area contributed by atoms with Crippen LogP contribution in [0.4, 0.5) is 0 Å². The van der Waals surface area contributed by atoms with Crippen LogP contribution in [0.3, 0.4) is 0 Å². The van der Waals surface area contributed by atoms with Gasteiger partial charge in [0.25, 0.3) is 0 Å². The molecule has 0 bridgehead atoms. The summed E-state index contributed by atoms with van der Waals surface area (Å²) >= 11 is 5.31. The van der Waals surface area contributed by atoms with Crippen molar-refractivity contribution >= 4 is 38.7 Å². The van der Waals surface area contributed by atoms with Crippen molar-refractivity contribution in [3.8, 4) is 16.8 Å². The minimum absolute atomic E-state index is 0.277. The summed E-state index contributed by atoms with van der Waals surface area (Å²) in [5, 5.41) is 2.36. The molecule has 0 aliphatic heterocycles. The number of halogens is 1. The lowest BCUT2D eigenvalue weighted by Gasteiger charge is -2.12. The summed E-state index contributed by atoms with van der Waals surface area (Å²) in [5.74, 6) is 0. The second-order valence-corrected chi connectivity index (χ2v) is 9.55. The molecule has 0 aliphatic rings. The van der Waals surface area contributed by atoms with E-state index in [1.165, 1.54) is 5.56 Å². The topological polar surface area (TPSA) is 30.7 Å². The summed E-state index contributed by atoms with van der Waals surface area (Å²) in [5.41, 5.74) is 5.57. The van der Waals surface area contributed by atoms with Gasteiger partial charge in [0.2, 0.25) is 0 Å². The first-order chi connectivity index (χ1) is 15.2. The molecule has 2 heterocycles. The number of thioether (sulfide) groups is 1. The van der Waals surface area contributed by atoms with Gasteiger partial charge in [0.15, 0.2) is 0 Å². The summed E-state index contributed by atoms with van der Waals surface area (Å²) in [6, 6.07) is 29.3. The van der Waals surface area contributed by atoms with E-state index in [0.717, 1.165) is 37.3 Å². The fraction of sp³-hybridized carbons (Fsp3) is 0.0769. The van der Waals surface area contributed by atoms with Crippen molar-refractivity contribution in [2.45, 2.75) is 17.2 Å². The molecule has 0 saturated carbocycles. The second kappa shape index (κ2) is 8.69. The Labute approximate surface area is 194 Å². The predicted molar refractivity (Wildman–Crippen MR) is 133 cm³/mol. The molecule has 31 heavy (non-hydrogen) atoms. The van der Waals surface area contributed by atoms with Crippen LogP contribution < -0.4 is 0 Å². The molecule has 3 nitrogen and oxygen atoms in total. The van der Waals surface area contributed by atoms with E-state index < -0.39 is 0 Å². The van der Waals surface area contributed by atoms with Crippen LogP contribution in [0.25, 0.3) is 27.8 Å². The minimum Gasteiger partial charge on any atom is -0.301 e. The maximum Gasteiger partial charge on any atom is 0.149 e. The maximum atomic E-state index is 4.71. The van der Waals surface area contributed by atoms with Crippen molar-refractivity contribution in [1.29, 1.82) is 0 Å². The number of nitrogens with zero attached hydrogens (tertiary/aromatic N) is 3. The van der Waals surface area contributed by atoms with E-state index in [2.05, 4.69) is 112 Å². The molecule has 5 heteroatoms. The van der Waals surface area contributed by atoms with Gasteiger partial charge in [0.1, 0.15) is 17.0 Å². The molecular weight excluding hydrogens is 466 g/mol. The molecule has 0 unspecified atom stereocenters. The monoisotopic (exact) mass is 485 g/mol. The van der Waals surface area contributed by atoms with Crippen LogP contribution in [0.1, 0.15) is 17.7 Å². The molecule has 0 saturated heterocycles. The smallest absolute Gasteiger partial charge is 0.149 e. The van der Waals surface area contributed by atoms with Crippen molar-refractivity contribution in [3.05, 3.63) is 107 Å². The number of rotatable bonds is 5. The first-order valence-electron chi connectivity index (χ1n) is 10.1. The van der Waals surface area contributed by atoms with Crippen LogP contribution in [0.5, 0.6) is 0 Å². The molecule has 0 aliphatic carbocycles. The fourth-order valence-electron chi connectivity index (χ4n) is 3.72. The van der Waals surface area contributed by atoms with Crippen molar-refractivity contribution < 1.29 is 0 Å². The van der Waals surface area contributed by atoms with Gasteiger partial charge in [-0.05, 0) is 42.3 Å². The minimum atomic E-state index is 0.277. The van der Waals surface area contributed by atoms with Crippen molar-refractivity contribution in [3.63, 3.8) is 0 Å². The van der Waals surface area contributed by atoms with Gasteiger partial charge in [0.05, 0.1) is 5.39 Å². The molecule has 152 valence electrons. The van der Waals surface area contributed by atoms with Gasteiger partial charge in [-0.1, -0.05) is 88.4 Å². The molecular formula is C26H20BrN3S. The Balaban J connectivity index is 1.69. The number of benzene rings is 3. The molecule has 0 radical (unpaired) electrons. The Bertz CT molecular complexity index is 1320. The van der Waals surface area contributed by atoms with Crippen molar-refractivity contribution in [1.82, 2.24) is 14.5 Å². The molecule has 3 aromatic carbocycles. The van der Waals surface area contributed by atoms with E-state index in [1.807, 2.05) is 6.07 Å². The second-order valence-electron chi connectivity index (χ2n) is 7.30. The first kappa shape index (κ1) is 20.0. The normalized spacial score (nSPS) is 12.2. The van der Waals surface area contributed by atoms with Crippen LogP contribution in [-0.2, 0) is 0 Å². The highest BCUT2D eigenvalue weighted by atomic mass is 79.9. The molecule has 0 spiro atoms. The van der Waals surface area contributed by atoms with Gasteiger partial charge in [-0.3, -0.25) is 0 Å². The Morgan fingerprint density at radius 1 is 0.839 bits per heavy atom. The van der Waals surface area contributed by atoms with Gasteiger partial charge >= 0.3 is 0 Å². The lowest BCUT2D eigenvalue weighted by molar-refractivity contribution is 1.03. The average molecular weight is 486 g/mol. The van der Waals surface area contributed by atoms with Crippen LogP contribution in [0.15, 0.2) is 107 Å². The van der Waals surface area contributed by atoms with Crippen molar-refractivity contribution in [2.75, 3.05) is 0 Å². The maximum absolute atomic E-state index is 4.71. The summed E-state index contributed by atoms with van der Waals surface area (Å²) in [6.45, 7) is 2.22. The predicted octanol–water partition coefficient (Wildman–Crippen LogP) is 7.70. The van der Waals surface area contributed by atoms with E-state index in [1.54, 1.807) is 18.1 Å². The third-order valence-electron chi connectivity index (χ3n) is 5.30. The number of aromatic nitrogens is 3. The molecule has 0 amide bonds. The highest BCUT2D eigenvalue weighted by Gasteiger charge is 2.19. The molecule has 0 fully saturated rings. The quantitative estimate of drug-likeness (QED) is 0.188. The third-order valence-corrected chi connectivity index (χ3v) is 6.98. The lowest BCUT2D eigenvalue weighted by Crippen LogP contribution is -1.95. The molecule has 0 N–H and O–H groups in total. The molecule has 5 rings (SSSR count). The average Bonchev–Trinajstić information content (AvgIpc) is 3.21. The van der Waals surface area contributed by atoms with Crippen molar-refractivity contribution in [2.24, 2.45) is 0 Å². The summed E-state index contributed by atoms with van der Waals surface area (Å²) in [4.78, 5) is 9.40. The highest BCUT2D eigenvalue weighted by molar-refractivity contribution is 9.10. The zero-order valence-corrected chi connectivity index (χ0v) is 19.3. The molecule has 5 aromatic rings. The lowest BCUT2D eigenvalue weighted by atomic mass is 10.1. The zero-order valence-electron chi connectivity index (χ0n) is 16.9. The summed E-state index contributed by atoms with van der Waals surface area (Å²) in [6.07, 6.45) is 3.85. The van der Waals surface area contributed by atoms with Gasteiger partial charge < -0.3 is 4.57 Å². The molecule has 1 atom stereocenters. The van der Waals surface area contributed by atoms with E-state index in [-0.39, 0.29) is 5.25 Å². The third kappa shape index (κ3) is 4.03. The van der Waals surface area contributed by atoms with Gasteiger partial charge in [-0.15, -0.1) is 0 Å². The van der Waals surface area contributed by atoms with Crippen LogP contribution >= 0.6 is 27.7 Å². The van der Waals surface area contributed by atoms with Gasteiger partial charge in [0, 0.05) is 27.2 Å². The first-order valence-corrected chi connectivity index (χ1v) is 11.8. The number of hydrogen-bond acceptors (Lipinski definition) is 3. The Hall–Kier alpha value is -2.89. The SMILES string of the molecule is C[C@H](Sc1ncnc2c1c(-c1ccccc1)cn2-c1ccc(Br)cc1)c1ccccc1. The Kier molecular flexibility index (Phi) is 5.62. The van der Waals surface area contributed by atoms with Crippen LogP contribution in [0.2, 0.25) is 0 Å². The van der Waals surface area contributed by atoms with E-state index in [9.17, 15) is 0 Å². The highest BCUT2D eigenvalue weighted by Crippen LogP contribution is 2.41. The summed E-state index contributed by atoms with van der Waals surface area (Å²) in [7, 11) is 0. The number of fused-ring (bicyclic) bond motifs is 1. The van der Waals surface area contributed by atoms with E-state index in [4.69, 9.17) is 9.97 Å². The largest absolute Gasteiger partial charge is 0.301 e. The molecule has 2 aromatic heterocycles. The van der Waals surface area contributed by atoms with E-state index >= 15 is 0 Å². The Morgan fingerprint density at radius 3 is 2.23 bits per heavy atom. The van der Waals surface area contributed by atoms with E-state index in [0.29, 0.717) is 0 Å². The Morgan fingerprint density at radius 2 is 1.52 bits per heavy atom. The van der Waals surface area contributed by atoms with Gasteiger partial charge in [-0.2, -0.15) is 0 Å². The zero-order chi connectivity index (χ0) is 21.2. The standard InChI is InChI=1S/C26H20BrN3S/c1-18(19-8-4-2-5-9-19)31-26-24-23(20-10-6-3-7-11-20)16-30(25(24)28-17-29-26)22-14-12-21(27)13-15-22/h2-18H,1H3/t18-/m0/s1. The van der Waals surface area contributed by atoms with Crippen LogP contribution in [-0.4, -0.2) is 14.5 Å².